The van der Waals surface area contributed by atoms with Crippen molar-refractivity contribution in [3.8, 4) is 28.6 Å². The number of amides is 1. The van der Waals surface area contributed by atoms with Crippen molar-refractivity contribution in [1.29, 1.82) is 0 Å². The molecule has 2 heterocycles. The van der Waals surface area contributed by atoms with Crippen molar-refractivity contribution in [2.24, 2.45) is 5.73 Å². The van der Waals surface area contributed by atoms with Crippen LogP contribution >= 0.6 is 0 Å². The van der Waals surface area contributed by atoms with Crippen molar-refractivity contribution in [2.45, 2.75) is 40.3 Å². The van der Waals surface area contributed by atoms with Crippen molar-refractivity contribution in [2.75, 3.05) is 6.61 Å². The number of nitrogens with two attached hydrogens (primary N) is 1. The molecule has 0 atom stereocenters. The minimum atomic E-state index is -0.804. The van der Waals surface area contributed by atoms with Crippen LogP contribution < -0.4 is 20.9 Å². The Morgan fingerprint density at radius 2 is 1.80 bits per heavy atom. The Morgan fingerprint density at radius 1 is 1.09 bits per heavy atom. The molecule has 0 aliphatic rings. The highest BCUT2D eigenvalue weighted by Gasteiger charge is 2.24. The first-order valence-electron chi connectivity index (χ1n) is 11.3. The summed E-state index contributed by atoms with van der Waals surface area (Å²) in [6.07, 6.45) is -0.0620. The topological polar surface area (TPSA) is 114 Å². The van der Waals surface area contributed by atoms with Crippen LogP contribution in [0.3, 0.4) is 0 Å². The largest absolute Gasteiger partial charge is 0.490 e. The molecule has 2 N–H and O–H groups in total. The third-order valence-electron chi connectivity index (χ3n) is 5.27. The van der Waals surface area contributed by atoms with E-state index in [0.29, 0.717) is 29.4 Å². The van der Waals surface area contributed by atoms with Crippen LogP contribution in [0.1, 0.15) is 38.2 Å². The summed E-state index contributed by atoms with van der Waals surface area (Å²) >= 11 is 0. The summed E-state index contributed by atoms with van der Waals surface area (Å²) in [7, 11) is 0. The van der Waals surface area contributed by atoms with Gasteiger partial charge in [-0.05, 0) is 70.2 Å². The van der Waals surface area contributed by atoms with Gasteiger partial charge >= 0.3 is 5.69 Å². The Morgan fingerprint density at radius 3 is 2.40 bits per heavy atom. The molecular weight excluding hydrogens is 453 g/mol. The normalized spacial score (nSPS) is 11.3. The minimum absolute atomic E-state index is 0.0620. The first-order valence-corrected chi connectivity index (χ1v) is 11.3. The Balaban J connectivity index is 2.01. The van der Waals surface area contributed by atoms with E-state index < -0.39 is 17.4 Å². The van der Waals surface area contributed by atoms with Crippen LogP contribution in [0.25, 0.3) is 28.2 Å². The number of aromatic nitrogens is 4. The second kappa shape index (κ2) is 9.57. The summed E-state index contributed by atoms with van der Waals surface area (Å²) in [5.74, 6) is -0.0251. The second-order valence-electron chi connectivity index (χ2n) is 8.03. The Bertz CT molecular complexity index is 1460. The lowest BCUT2D eigenvalue weighted by Crippen LogP contribution is -2.23. The minimum Gasteiger partial charge on any atom is -0.490 e. The molecule has 4 aromatic rings. The molecule has 0 radical (unpaired) electrons. The molecule has 2 aromatic heterocycles. The zero-order valence-electron chi connectivity index (χ0n) is 19.9. The van der Waals surface area contributed by atoms with Crippen LogP contribution in [0.2, 0.25) is 0 Å². The van der Waals surface area contributed by atoms with Crippen LogP contribution in [0.4, 0.5) is 4.39 Å². The second-order valence-corrected chi connectivity index (χ2v) is 8.03. The van der Waals surface area contributed by atoms with Gasteiger partial charge in [-0.25, -0.2) is 23.7 Å². The number of carbonyl (C=O) groups is 1. The van der Waals surface area contributed by atoms with Crippen LogP contribution in [-0.2, 0) is 6.54 Å². The molecule has 4 rings (SSSR count). The SMILES string of the molecule is CCOc1cc(-c2nc(C(N)=O)c3c(n2)n(-c2ccc(F)cc2)c(=O)n3CC)ccc1OC(C)C. The van der Waals surface area contributed by atoms with E-state index in [0.717, 1.165) is 0 Å². The van der Waals surface area contributed by atoms with Gasteiger partial charge in [0.05, 0.1) is 18.4 Å². The first-order chi connectivity index (χ1) is 16.7. The number of primary amides is 1. The average molecular weight is 480 g/mol. The van der Waals surface area contributed by atoms with Gasteiger partial charge in [-0.15, -0.1) is 0 Å². The zero-order chi connectivity index (χ0) is 25.3. The molecule has 10 heteroatoms. The highest BCUT2D eigenvalue weighted by Crippen LogP contribution is 2.33. The van der Waals surface area contributed by atoms with Gasteiger partial charge in [-0.2, -0.15) is 0 Å². The summed E-state index contributed by atoms with van der Waals surface area (Å²) in [5.41, 5.74) is 6.46. The number of hydrogen-bond donors (Lipinski definition) is 1. The number of benzene rings is 2. The van der Waals surface area contributed by atoms with E-state index in [1.54, 1.807) is 25.1 Å². The maximum Gasteiger partial charge on any atom is 0.335 e. The quantitative estimate of drug-likeness (QED) is 0.412. The van der Waals surface area contributed by atoms with Gasteiger partial charge in [0.15, 0.2) is 28.7 Å². The van der Waals surface area contributed by atoms with E-state index in [1.807, 2.05) is 20.8 Å². The molecule has 9 nitrogen and oxygen atoms in total. The highest BCUT2D eigenvalue weighted by atomic mass is 19.1. The van der Waals surface area contributed by atoms with Gasteiger partial charge in [-0.3, -0.25) is 9.36 Å². The Hall–Kier alpha value is -4.21. The fourth-order valence-corrected chi connectivity index (χ4v) is 3.84. The van der Waals surface area contributed by atoms with Crippen LogP contribution in [0.15, 0.2) is 47.3 Å². The lowest BCUT2D eigenvalue weighted by molar-refractivity contribution is 0.0997. The molecule has 0 aliphatic heterocycles. The molecule has 0 saturated carbocycles. The van der Waals surface area contributed by atoms with Crippen molar-refractivity contribution < 1.29 is 18.7 Å². The van der Waals surface area contributed by atoms with Gasteiger partial charge in [0.2, 0.25) is 0 Å². The van der Waals surface area contributed by atoms with Gasteiger partial charge < -0.3 is 15.2 Å². The van der Waals surface area contributed by atoms with E-state index >= 15 is 0 Å². The summed E-state index contributed by atoms with van der Waals surface area (Å²) in [5, 5.41) is 0. The molecule has 35 heavy (non-hydrogen) atoms. The Kier molecular flexibility index (Phi) is 6.54. The fraction of sp³-hybridized carbons (Fsp3) is 0.280. The van der Waals surface area contributed by atoms with Gasteiger partial charge in [0, 0.05) is 12.1 Å². The predicted molar refractivity (Wildman–Crippen MR) is 130 cm³/mol. The van der Waals surface area contributed by atoms with Gasteiger partial charge in [0.25, 0.3) is 5.91 Å². The van der Waals surface area contributed by atoms with Gasteiger partial charge in [-0.1, -0.05) is 0 Å². The summed E-state index contributed by atoms with van der Waals surface area (Å²) in [4.78, 5) is 34.8. The predicted octanol–water partition coefficient (Wildman–Crippen LogP) is 3.69. The number of nitrogens with zero attached hydrogens (tertiary/aromatic N) is 4. The molecule has 1 amide bonds. The molecule has 0 saturated heterocycles. The van der Waals surface area contributed by atoms with Gasteiger partial charge in [0.1, 0.15) is 11.3 Å². The molecular formula is C25H26FN5O4. The van der Waals surface area contributed by atoms with Crippen LogP contribution in [0.5, 0.6) is 11.5 Å². The molecule has 2 aromatic carbocycles. The number of carbonyl (C=O) groups excluding carboxylic acids is 1. The number of imidazole rings is 1. The molecule has 0 bridgehead atoms. The van der Waals surface area contributed by atoms with E-state index in [1.165, 1.54) is 33.4 Å². The number of rotatable bonds is 8. The monoisotopic (exact) mass is 479 g/mol. The maximum absolute atomic E-state index is 13.6. The number of halogens is 1. The van der Waals surface area contributed by atoms with E-state index in [9.17, 15) is 14.0 Å². The zero-order valence-corrected chi connectivity index (χ0v) is 19.9. The van der Waals surface area contributed by atoms with Crippen molar-refractivity contribution in [3.63, 3.8) is 0 Å². The number of fused-ring (bicyclic) bond motifs is 1. The van der Waals surface area contributed by atoms with E-state index in [4.69, 9.17) is 15.2 Å². The first kappa shape index (κ1) is 23.9. The molecule has 0 aliphatic carbocycles. The molecule has 0 unspecified atom stereocenters. The lowest BCUT2D eigenvalue weighted by Gasteiger charge is -2.15. The smallest absolute Gasteiger partial charge is 0.335 e. The van der Waals surface area contributed by atoms with Crippen molar-refractivity contribution in [3.05, 3.63) is 64.5 Å². The van der Waals surface area contributed by atoms with Crippen LogP contribution in [-0.4, -0.2) is 37.7 Å². The summed E-state index contributed by atoms with van der Waals surface area (Å²) in [6.45, 7) is 8.10. The highest BCUT2D eigenvalue weighted by molar-refractivity contribution is 6.02. The van der Waals surface area contributed by atoms with Crippen molar-refractivity contribution >= 4 is 17.1 Å². The molecule has 0 fully saturated rings. The summed E-state index contributed by atoms with van der Waals surface area (Å²) < 4.78 is 27.8. The third kappa shape index (κ3) is 4.46. The molecule has 0 spiro atoms. The maximum atomic E-state index is 13.6. The number of ether oxygens (including phenoxy) is 2. The third-order valence-corrected chi connectivity index (χ3v) is 5.27. The number of hydrogen-bond acceptors (Lipinski definition) is 6. The lowest BCUT2D eigenvalue weighted by atomic mass is 10.1. The van der Waals surface area contributed by atoms with E-state index in [2.05, 4.69) is 9.97 Å². The number of aryl methyl sites for hydroxylation is 1. The van der Waals surface area contributed by atoms with Crippen LogP contribution in [0, 0.1) is 5.82 Å². The fourth-order valence-electron chi connectivity index (χ4n) is 3.84. The Labute approximate surface area is 200 Å². The standard InChI is InChI=1S/C25H26FN5O4/c1-5-30-21-20(22(27)32)28-23(15-7-12-18(35-14(3)4)19(13-15)34-6-2)29-24(21)31(25(30)33)17-10-8-16(26)9-11-17/h7-14H,5-6H2,1-4H3,(H2,27,32). The van der Waals surface area contributed by atoms with Crippen molar-refractivity contribution in [1.82, 2.24) is 19.1 Å². The molecule has 182 valence electrons. The summed E-state index contributed by atoms with van der Waals surface area (Å²) in [6, 6.07) is 10.6. The van der Waals surface area contributed by atoms with E-state index in [-0.39, 0.29) is 35.3 Å². The average Bonchev–Trinajstić information content (AvgIpc) is 3.10.